The number of hydrogen-bond donors (Lipinski definition) is 10. The quantitative estimate of drug-likeness (QED) is 0.0238. The van der Waals surface area contributed by atoms with E-state index in [0.717, 1.165) is 0 Å². The average molecular weight is 1830 g/mol. The standard InChI is InChI=1S/C31H38O9S2.C29H36O10.C29H36O9.CH3I/c1-15-19(33)13-31(37)25(39-26(36)17-10-8-7-9-11-17)23-29(5,24(35)22(34)21(15)28(31,3)4)18(27(41)42-6)12-20-30(23,14-38-20)40-16(2)32;1-14-17(31)12-29(36)24(38-25(35)16-9-7-6-8-10-16)22-27(5,23(34)21(33)20(14)26(29,3)4)18(32)11-19-28(22,13-37-19)39-15(2)30;1-15-18(31)13-29(35)24(37-25(34)17-9-7-6-8-10-17)22-27(5,23(33)21(32)20(15)26(29,3)4)12-11-19-28(22,14-36-19)38-16(2)30;1-2/h7-11,18-20,22-23,25,33-34,37H,12-14H2,1-6H3;6-10,17-19,21-22,24,31-33,36H,11-13H2,1-5H3;6-10,18-19,21-22,24,31-32,35H,11-14H2,1-5H3;1H3/t18-,19+,20-,22-,23+,25+,29-,30+,31-;17-,18-,19+,21+,22-,24-,27+,28-,29+;18-,19+,21+,22-,24-,27+,28-,29+;/m100./s1. The van der Waals surface area contributed by atoms with E-state index in [1.165, 1.54) is 51.6 Å². The first-order chi connectivity index (χ1) is 56.4. The van der Waals surface area contributed by atoms with E-state index in [1.54, 1.807) is 161 Å². The lowest BCUT2D eigenvalue weighted by atomic mass is 9.43. The van der Waals surface area contributed by atoms with Gasteiger partial charge in [0, 0.05) is 79.4 Å². The molecule has 28 nitrogen and oxygen atoms in total. The van der Waals surface area contributed by atoms with Crippen molar-refractivity contribution in [2.75, 3.05) is 31.0 Å². The number of halogens is 1. The first kappa shape index (κ1) is 93.5. The van der Waals surface area contributed by atoms with E-state index in [0.29, 0.717) is 27.3 Å². The molecule has 0 spiro atoms. The van der Waals surface area contributed by atoms with Crippen LogP contribution in [0.15, 0.2) is 124 Å². The summed E-state index contributed by atoms with van der Waals surface area (Å²) in [5.41, 5.74) is -17.0. The maximum Gasteiger partial charge on any atom is 0.338 e. The van der Waals surface area contributed by atoms with Gasteiger partial charge < -0.3 is 93.7 Å². The number of aliphatic hydroxyl groups is 10. The minimum Gasteiger partial charge on any atom is -0.455 e. The van der Waals surface area contributed by atoms with E-state index in [-0.39, 0.29) is 91.8 Å². The van der Waals surface area contributed by atoms with E-state index in [4.69, 9.17) is 54.8 Å². The molecule has 10 N–H and O–H groups in total. The van der Waals surface area contributed by atoms with Crippen LogP contribution >= 0.6 is 46.6 Å². The summed E-state index contributed by atoms with van der Waals surface area (Å²) < 4.78 is 54.4. The number of benzene rings is 3. The van der Waals surface area contributed by atoms with Crippen LogP contribution in [-0.2, 0) is 71.4 Å². The Labute approximate surface area is 726 Å². The number of thiocarbonyl (C=S) groups is 1. The summed E-state index contributed by atoms with van der Waals surface area (Å²) in [7, 11) is 0. The molecule has 660 valence electrons. The maximum absolute atomic E-state index is 14.8. The van der Waals surface area contributed by atoms with E-state index >= 15 is 0 Å². The van der Waals surface area contributed by atoms with E-state index in [2.05, 4.69) is 22.6 Å². The summed E-state index contributed by atoms with van der Waals surface area (Å²) in [6.07, 6.45) is -15.0. The third-order valence-electron chi connectivity index (χ3n) is 30.2. The van der Waals surface area contributed by atoms with Gasteiger partial charge in [-0.2, -0.15) is 0 Å². The van der Waals surface area contributed by atoms with Crippen molar-refractivity contribution in [1.29, 1.82) is 0 Å². The number of Topliss-reactive ketones (excluding diaryl/α,β-unsaturated/α-hetero) is 3. The molecule has 0 amide bonds. The van der Waals surface area contributed by atoms with Gasteiger partial charge in [-0.25, -0.2) is 14.4 Å². The van der Waals surface area contributed by atoms with Gasteiger partial charge >= 0.3 is 35.8 Å². The van der Waals surface area contributed by atoms with Gasteiger partial charge in [0.1, 0.15) is 71.7 Å². The SMILES string of the molecule is CC(=O)O[C@@]12CO[C@@H]1CC[C@@]1(C)C(=O)[C@H](O)C3=C(C)[C@@H](O)C[C@@](O)([C@@H](OC(=O)c4ccccc4)[C@H]21)C3(C)C.CC(=O)O[C@@]12CO[C@@H]1C[C@H](O)[C@@]1(C)C(=O)[C@H](O)C3=C(C)[C@@H](O)C[C@@](O)([C@@H](OC(=O)c4ccccc4)[C@H]21)C3(C)C.CI.CSC(=S)[C@H]1C[C@H]2OC[C@@]2(OC(C)=O)[C@H]2[C@H](OC(=O)c3ccccc3)[C@]3(O)C[C@H](O)C(C)=C([C@@H](O)C(=O)[C@]12C)C3(C)C. The number of carbonyl (C=O) groups is 9. The number of hydrogen-bond acceptors (Lipinski definition) is 30. The van der Waals surface area contributed by atoms with Gasteiger partial charge in [-0.05, 0) is 128 Å². The monoisotopic (exact) mass is 1830 g/mol. The van der Waals surface area contributed by atoms with Gasteiger partial charge in [-0.1, -0.05) is 145 Å². The molecular formula is C90H113IO28S2. The number of rotatable bonds is 10. The van der Waals surface area contributed by atoms with Crippen LogP contribution in [0, 0.1) is 56.2 Å². The Kier molecular flexibility index (Phi) is 25.5. The summed E-state index contributed by atoms with van der Waals surface area (Å²) in [6.45, 7) is 22.9. The lowest BCUT2D eigenvalue weighted by Gasteiger charge is -2.68. The van der Waals surface area contributed by atoms with Crippen molar-refractivity contribution in [3.05, 3.63) is 141 Å². The number of esters is 6. The molecule has 0 radical (unpaired) electrons. The summed E-state index contributed by atoms with van der Waals surface area (Å²) in [6, 6.07) is 24.6. The molecule has 3 aromatic carbocycles. The third-order valence-corrected chi connectivity index (χ3v) is 31.7. The van der Waals surface area contributed by atoms with Crippen LogP contribution in [0.4, 0.5) is 0 Å². The topological polar surface area (TPSA) is 439 Å². The molecule has 3 saturated heterocycles. The number of carbonyl (C=O) groups excluding carboxylic acids is 9. The molecule has 121 heavy (non-hydrogen) atoms. The molecule has 3 aromatic rings. The first-order valence-electron chi connectivity index (χ1n) is 40.8. The second-order valence-electron chi connectivity index (χ2n) is 37.0. The number of alkyl halides is 1. The van der Waals surface area contributed by atoms with Crippen molar-refractivity contribution in [3.8, 4) is 0 Å². The minimum absolute atomic E-state index is 0.0545. The molecule has 9 aliphatic carbocycles. The van der Waals surface area contributed by atoms with E-state index in [1.807, 2.05) is 4.93 Å². The van der Waals surface area contributed by atoms with E-state index in [9.17, 15) is 94.2 Å². The molecule has 6 bridgehead atoms. The van der Waals surface area contributed by atoms with Crippen LogP contribution in [0.5, 0.6) is 0 Å². The average Bonchev–Trinajstić information content (AvgIpc) is 0.677. The Morgan fingerprint density at radius 1 is 0.446 bits per heavy atom. The lowest BCUT2D eigenvalue weighted by molar-refractivity contribution is -0.345. The highest BCUT2D eigenvalue weighted by molar-refractivity contribution is 14.1. The summed E-state index contributed by atoms with van der Waals surface area (Å²) in [5, 5.41) is 118. The molecule has 15 rings (SSSR count). The fourth-order valence-corrected chi connectivity index (χ4v) is 24.5. The van der Waals surface area contributed by atoms with Gasteiger partial charge in [0.2, 0.25) is 0 Å². The Bertz CT molecular complexity index is 4740. The fraction of sp³-hybridized carbons (Fsp3) is 0.622. The van der Waals surface area contributed by atoms with Crippen LogP contribution < -0.4 is 0 Å². The third kappa shape index (κ3) is 14.0. The zero-order valence-electron chi connectivity index (χ0n) is 71.1. The molecule has 31 heteroatoms. The summed E-state index contributed by atoms with van der Waals surface area (Å²) in [4.78, 5) is 124. The van der Waals surface area contributed by atoms with E-state index < -0.39 is 222 Å². The van der Waals surface area contributed by atoms with Crippen molar-refractivity contribution >= 4 is 104 Å². The normalized spacial score (nSPS) is 40.9. The Balaban J connectivity index is 0.000000165. The predicted molar refractivity (Wildman–Crippen MR) is 448 cm³/mol. The largest absolute Gasteiger partial charge is 0.455 e. The van der Waals surface area contributed by atoms with Crippen LogP contribution in [0.1, 0.15) is 180 Å². The summed E-state index contributed by atoms with van der Waals surface area (Å²) >= 11 is 9.22. The van der Waals surface area contributed by atoms with Crippen molar-refractivity contribution in [2.24, 2.45) is 56.2 Å². The molecule has 3 heterocycles. The number of ether oxygens (including phenoxy) is 9. The second-order valence-corrected chi connectivity index (χ2v) is 38.6. The van der Waals surface area contributed by atoms with Crippen LogP contribution in [0.2, 0.25) is 0 Å². The summed E-state index contributed by atoms with van der Waals surface area (Å²) in [5.74, 6) is -10.4. The molecule has 0 unspecified atom stereocenters. The molecule has 9 fully saturated rings. The fourth-order valence-electron chi connectivity index (χ4n) is 23.5. The molecular weight excluding hydrogens is 1720 g/mol. The number of aliphatic hydroxyl groups excluding tert-OH is 7. The second kappa shape index (κ2) is 33.0. The highest BCUT2D eigenvalue weighted by Crippen LogP contribution is 2.69. The Morgan fingerprint density at radius 2 is 0.744 bits per heavy atom. The lowest BCUT2D eigenvalue weighted by Crippen LogP contribution is -2.81. The highest BCUT2D eigenvalue weighted by atomic mass is 127. The Hall–Kier alpha value is -6.64. The molecule has 3 aliphatic heterocycles. The van der Waals surface area contributed by atoms with Crippen molar-refractivity contribution in [1.82, 2.24) is 0 Å². The zero-order chi connectivity index (χ0) is 89.5. The zero-order valence-corrected chi connectivity index (χ0v) is 74.9. The van der Waals surface area contributed by atoms with Crippen molar-refractivity contribution < 1.29 is 137 Å². The first-order valence-corrected chi connectivity index (χ1v) is 44.6. The Morgan fingerprint density at radius 3 is 1.06 bits per heavy atom. The van der Waals surface area contributed by atoms with Gasteiger partial charge in [0.05, 0.1) is 88.3 Å². The minimum atomic E-state index is -2.07. The molecule has 12 aliphatic rings. The number of thioether (sulfide) groups is 1. The van der Waals surface area contributed by atoms with Crippen molar-refractivity contribution in [3.63, 3.8) is 0 Å². The molecule has 0 aromatic heterocycles. The van der Waals surface area contributed by atoms with Crippen LogP contribution in [0.25, 0.3) is 0 Å². The molecule has 26 atom stereocenters. The van der Waals surface area contributed by atoms with Crippen LogP contribution in [0.3, 0.4) is 0 Å². The van der Waals surface area contributed by atoms with Gasteiger partial charge in [0.25, 0.3) is 0 Å². The van der Waals surface area contributed by atoms with Gasteiger partial charge in [0.15, 0.2) is 34.2 Å². The number of ketones is 3. The van der Waals surface area contributed by atoms with Crippen LogP contribution in [-0.4, -0.2) is 252 Å². The molecule has 6 saturated carbocycles. The van der Waals surface area contributed by atoms with Gasteiger partial charge in [-0.3, -0.25) is 28.8 Å². The maximum atomic E-state index is 14.8. The van der Waals surface area contributed by atoms with Crippen molar-refractivity contribution in [2.45, 2.75) is 262 Å². The smallest absolute Gasteiger partial charge is 0.338 e. The predicted octanol–water partition coefficient (Wildman–Crippen LogP) is 7.27. The highest BCUT2D eigenvalue weighted by Gasteiger charge is 2.82. The van der Waals surface area contributed by atoms with Gasteiger partial charge in [-0.15, -0.1) is 11.8 Å². The number of fused-ring (bicyclic) bond motifs is 15.